The molecule has 0 unspecified atom stereocenters. The van der Waals surface area contributed by atoms with Crippen molar-refractivity contribution in [2.75, 3.05) is 0 Å². The molecule has 0 saturated heterocycles. The lowest BCUT2D eigenvalue weighted by molar-refractivity contribution is 0.317. The highest BCUT2D eigenvalue weighted by atomic mass is 35.5. The lowest BCUT2D eigenvalue weighted by atomic mass is 10.1. The third-order valence-corrected chi connectivity index (χ3v) is 3.17. The highest BCUT2D eigenvalue weighted by molar-refractivity contribution is 6.31. The highest BCUT2D eigenvalue weighted by Gasteiger charge is 2.14. The maximum Gasteiger partial charge on any atom is 0.245 e. The molecule has 0 saturated carbocycles. The fourth-order valence-electron chi connectivity index (χ4n) is 1.96. The van der Waals surface area contributed by atoms with Crippen LogP contribution in [0.15, 0.2) is 58.1 Å². The minimum atomic E-state index is 0.300. The van der Waals surface area contributed by atoms with Crippen molar-refractivity contribution in [1.29, 1.82) is 0 Å². The molecule has 0 bridgehead atoms. The second-order valence-corrected chi connectivity index (χ2v) is 4.78. The summed E-state index contributed by atoms with van der Waals surface area (Å²) < 4.78 is 5.59. The number of hydrogen-bond donors (Lipinski definition) is 1. The fourth-order valence-corrected chi connectivity index (χ4v) is 2.13. The van der Waals surface area contributed by atoms with Crippen LogP contribution in [0, 0.1) is 0 Å². The van der Waals surface area contributed by atoms with E-state index in [4.69, 9.17) is 16.0 Å². The Bertz CT molecular complexity index is 766. The summed E-state index contributed by atoms with van der Waals surface area (Å²) >= 11 is 5.90. The summed E-state index contributed by atoms with van der Waals surface area (Å²) in [6.45, 7) is 0. The second kappa shape index (κ2) is 5.35. The van der Waals surface area contributed by atoms with Gasteiger partial charge in [-0.3, -0.25) is 0 Å². The van der Waals surface area contributed by atoms with Gasteiger partial charge in [-0.25, -0.2) is 4.98 Å². The molecule has 100 valence electrons. The summed E-state index contributed by atoms with van der Waals surface area (Å²) in [4.78, 5) is 4.31. The van der Waals surface area contributed by atoms with Gasteiger partial charge in [-0.1, -0.05) is 47.1 Å². The highest BCUT2D eigenvalue weighted by Crippen LogP contribution is 2.21. The summed E-state index contributed by atoms with van der Waals surface area (Å²) in [5.41, 5.74) is 2.64. The number of halogens is 1. The molecular formula is C15H11ClN2O2. The van der Waals surface area contributed by atoms with Gasteiger partial charge in [0.15, 0.2) is 5.58 Å². The van der Waals surface area contributed by atoms with Gasteiger partial charge in [-0.15, -0.1) is 0 Å². The Morgan fingerprint density at radius 1 is 1.20 bits per heavy atom. The monoisotopic (exact) mass is 286 g/mol. The van der Waals surface area contributed by atoms with E-state index in [0.717, 1.165) is 5.56 Å². The molecule has 0 fully saturated rings. The van der Waals surface area contributed by atoms with Gasteiger partial charge >= 0.3 is 0 Å². The van der Waals surface area contributed by atoms with Crippen LogP contribution in [0.1, 0.15) is 11.5 Å². The summed E-state index contributed by atoms with van der Waals surface area (Å²) in [5.74, 6) is 0.300. The van der Waals surface area contributed by atoms with E-state index in [1.54, 1.807) is 18.2 Å². The van der Waals surface area contributed by atoms with Gasteiger partial charge in [0.1, 0.15) is 11.2 Å². The number of oxazole rings is 1. The van der Waals surface area contributed by atoms with E-state index in [1.807, 2.05) is 30.3 Å². The van der Waals surface area contributed by atoms with Crippen molar-refractivity contribution >= 4 is 28.4 Å². The first-order valence-corrected chi connectivity index (χ1v) is 6.45. The molecule has 2 aromatic carbocycles. The summed E-state index contributed by atoms with van der Waals surface area (Å²) in [6, 6.07) is 14.9. The predicted octanol–water partition coefficient (Wildman–Crippen LogP) is 3.90. The first-order valence-electron chi connectivity index (χ1n) is 6.07. The van der Waals surface area contributed by atoms with Crippen LogP contribution in [0.4, 0.5) is 0 Å². The molecule has 0 aliphatic rings. The topological polar surface area (TPSA) is 58.6 Å². The Labute approximate surface area is 120 Å². The zero-order chi connectivity index (χ0) is 13.9. The molecule has 3 rings (SSSR count). The number of nitrogens with zero attached hydrogens (tertiary/aromatic N) is 2. The fraction of sp³-hybridized carbons (Fsp3) is 0.0667. The SMILES string of the molecule is O/N=C(\Cc1ccccc1)c1nc2ccc(Cl)cc2o1. The number of hydrogen-bond acceptors (Lipinski definition) is 4. The van der Waals surface area contributed by atoms with Gasteiger partial charge in [-0.05, 0) is 17.7 Å². The quantitative estimate of drug-likeness (QED) is 0.451. The van der Waals surface area contributed by atoms with E-state index in [0.29, 0.717) is 34.1 Å². The largest absolute Gasteiger partial charge is 0.435 e. The normalized spacial score (nSPS) is 11.9. The van der Waals surface area contributed by atoms with Gasteiger partial charge in [0.25, 0.3) is 0 Å². The molecule has 1 heterocycles. The van der Waals surface area contributed by atoms with Gasteiger partial charge in [0, 0.05) is 17.5 Å². The first kappa shape index (κ1) is 12.7. The Morgan fingerprint density at radius 2 is 2.00 bits per heavy atom. The summed E-state index contributed by atoms with van der Waals surface area (Å²) in [5, 5.41) is 13.1. The molecule has 0 aliphatic heterocycles. The van der Waals surface area contributed by atoms with Crippen molar-refractivity contribution in [2.45, 2.75) is 6.42 Å². The van der Waals surface area contributed by atoms with Crippen molar-refractivity contribution in [3.8, 4) is 0 Å². The number of benzene rings is 2. The van der Waals surface area contributed by atoms with Crippen molar-refractivity contribution in [1.82, 2.24) is 4.98 Å². The van der Waals surface area contributed by atoms with Crippen molar-refractivity contribution < 1.29 is 9.62 Å². The molecule has 4 nitrogen and oxygen atoms in total. The lowest BCUT2D eigenvalue weighted by Gasteiger charge is -2.00. The number of fused-ring (bicyclic) bond motifs is 1. The third-order valence-electron chi connectivity index (χ3n) is 2.93. The van der Waals surface area contributed by atoms with E-state index >= 15 is 0 Å². The van der Waals surface area contributed by atoms with Crippen LogP contribution in [-0.4, -0.2) is 15.9 Å². The van der Waals surface area contributed by atoms with Crippen molar-refractivity contribution in [3.63, 3.8) is 0 Å². The molecule has 3 aromatic rings. The minimum Gasteiger partial charge on any atom is -0.435 e. The van der Waals surface area contributed by atoms with E-state index in [9.17, 15) is 5.21 Å². The van der Waals surface area contributed by atoms with Crippen LogP contribution in [0.25, 0.3) is 11.1 Å². The molecule has 20 heavy (non-hydrogen) atoms. The minimum absolute atomic E-state index is 0.300. The van der Waals surface area contributed by atoms with Crippen LogP contribution >= 0.6 is 11.6 Å². The smallest absolute Gasteiger partial charge is 0.245 e. The molecular weight excluding hydrogens is 276 g/mol. The molecule has 1 aromatic heterocycles. The number of oxime groups is 1. The number of rotatable bonds is 3. The Balaban J connectivity index is 1.95. The van der Waals surface area contributed by atoms with Crippen LogP contribution in [-0.2, 0) is 6.42 Å². The van der Waals surface area contributed by atoms with Crippen LogP contribution < -0.4 is 0 Å². The van der Waals surface area contributed by atoms with Crippen LogP contribution in [0.5, 0.6) is 0 Å². The average Bonchev–Trinajstić information content (AvgIpc) is 2.88. The molecule has 0 aliphatic carbocycles. The van der Waals surface area contributed by atoms with Crippen LogP contribution in [0.3, 0.4) is 0 Å². The molecule has 0 atom stereocenters. The summed E-state index contributed by atoms with van der Waals surface area (Å²) in [7, 11) is 0. The Hall–Kier alpha value is -2.33. The third kappa shape index (κ3) is 2.51. The van der Waals surface area contributed by atoms with Crippen LogP contribution in [0.2, 0.25) is 5.02 Å². The zero-order valence-electron chi connectivity index (χ0n) is 10.5. The second-order valence-electron chi connectivity index (χ2n) is 4.34. The van der Waals surface area contributed by atoms with E-state index in [-0.39, 0.29) is 0 Å². The first-order chi connectivity index (χ1) is 9.76. The standard InChI is InChI=1S/C15H11ClN2O2/c16-11-6-7-12-14(9-11)20-15(17-12)13(18-19)8-10-4-2-1-3-5-10/h1-7,9,19H,8H2/b18-13+. The molecule has 0 spiro atoms. The van der Waals surface area contributed by atoms with Crippen molar-refractivity contribution in [3.05, 3.63) is 65.0 Å². The maximum absolute atomic E-state index is 9.18. The average molecular weight is 287 g/mol. The molecule has 0 amide bonds. The summed E-state index contributed by atoms with van der Waals surface area (Å²) in [6.07, 6.45) is 0.442. The number of aromatic nitrogens is 1. The van der Waals surface area contributed by atoms with Gasteiger partial charge in [0.05, 0.1) is 0 Å². The maximum atomic E-state index is 9.18. The van der Waals surface area contributed by atoms with E-state index < -0.39 is 0 Å². The van der Waals surface area contributed by atoms with E-state index in [1.165, 1.54) is 0 Å². The lowest BCUT2D eigenvalue weighted by Crippen LogP contribution is -2.05. The molecule has 5 heteroatoms. The Kier molecular flexibility index (Phi) is 3.39. The van der Waals surface area contributed by atoms with Gasteiger partial charge < -0.3 is 9.62 Å². The molecule has 1 N–H and O–H groups in total. The van der Waals surface area contributed by atoms with Crippen molar-refractivity contribution in [2.24, 2.45) is 5.16 Å². The Morgan fingerprint density at radius 3 is 2.75 bits per heavy atom. The zero-order valence-corrected chi connectivity index (χ0v) is 11.2. The van der Waals surface area contributed by atoms with Gasteiger partial charge in [0.2, 0.25) is 5.89 Å². The molecule has 0 radical (unpaired) electrons. The predicted molar refractivity (Wildman–Crippen MR) is 77.5 cm³/mol. The van der Waals surface area contributed by atoms with Gasteiger partial charge in [-0.2, -0.15) is 0 Å². The van der Waals surface area contributed by atoms with E-state index in [2.05, 4.69) is 10.1 Å².